The van der Waals surface area contributed by atoms with Crippen LogP contribution in [0.1, 0.15) is 53.4 Å². The normalized spacial score (nSPS) is 16.6. The molecule has 39 heavy (non-hydrogen) atoms. The van der Waals surface area contributed by atoms with E-state index in [-0.39, 0.29) is 5.97 Å². The van der Waals surface area contributed by atoms with E-state index in [0.29, 0.717) is 29.4 Å². The molecule has 0 bridgehead atoms. The van der Waals surface area contributed by atoms with Gasteiger partial charge in [0.05, 0.1) is 17.9 Å². The van der Waals surface area contributed by atoms with Crippen molar-refractivity contribution >= 4 is 23.0 Å². The van der Waals surface area contributed by atoms with E-state index >= 15 is 0 Å². The number of aryl methyl sites for hydroxylation is 1. The smallest absolute Gasteiger partial charge is 0.340 e. The van der Waals surface area contributed by atoms with Crippen LogP contribution in [0.3, 0.4) is 0 Å². The predicted molar refractivity (Wildman–Crippen MR) is 154 cm³/mol. The van der Waals surface area contributed by atoms with Crippen LogP contribution in [0.5, 0.6) is 17.2 Å². The van der Waals surface area contributed by atoms with Crippen molar-refractivity contribution in [1.29, 1.82) is 0 Å². The number of nitrogens with one attached hydrogen (secondary N) is 1. The Morgan fingerprint density at radius 1 is 0.846 bits per heavy atom. The lowest BCUT2D eigenvalue weighted by atomic mass is 9.77. The number of hydrogen-bond acceptors (Lipinski definition) is 6. The zero-order valence-electron chi connectivity index (χ0n) is 22.7. The third-order valence-electron chi connectivity index (χ3n) is 7.56. The fourth-order valence-corrected chi connectivity index (χ4v) is 5.64. The summed E-state index contributed by atoms with van der Waals surface area (Å²) in [6.45, 7) is 10.5. The molecule has 0 aliphatic carbocycles. The van der Waals surface area contributed by atoms with Crippen LogP contribution in [0.25, 0.3) is 0 Å². The number of benzene rings is 4. The lowest BCUT2D eigenvalue weighted by Gasteiger charge is -2.37. The molecule has 2 heterocycles. The van der Waals surface area contributed by atoms with Crippen molar-refractivity contribution in [2.45, 2.75) is 33.3 Å². The van der Waals surface area contributed by atoms with E-state index in [1.54, 1.807) is 0 Å². The molecule has 198 valence electrons. The van der Waals surface area contributed by atoms with E-state index in [4.69, 9.17) is 14.2 Å². The van der Waals surface area contributed by atoms with Crippen molar-refractivity contribution in [3.63, 3.8) is 0 Å². The summed E-state index contributed by atoms with van der Waals surface area (Å²) in [5.41, 5.74) is 5.71. The second-order valence-corrected chi connectivity index (χ2v) is 9.84. The summed E-state index contributed by atoms with van der Waals surface area (Å²) in [5.74, 6) is 1.58. The Labute approximate surface area is 229 Å². The van der Waals surface area contributed by atoms with Gasteiger partial charge in [0.15, 0.2) is 5.60 Å². The summed E-state index contributed by atoms with van der Waals surface area (Å²) in [4.78, 5) is 15.6. The summed E-state index contributed by atoms with van der Waals surface area (Å²) in [6.07, 6.45) is 0. The third-order valence-corrected chi connectivity index (χ3v) is 7.56. The van der Waals surface area contributed by atoms with Crippen LogP contribution in [0, 0.1) is 6.92 Å². The maximum Gasteiger partial charge on any atom is 0.340 e. The monoisotopic (exact) mass is 520 g/mol. The van der Waals surface area contributed by atoms with Gasteiger partial charge in [-0.15, -0.1) is 0 Å². The number of fused-ring (bicyclic) bond motifs is 6. The highest BCUT2D eigenvalue weighted by Gasteiger charge is 2.53. The largest absolute Gasteiger partial charge is 0.492 e. The van der Waals surface area contributed by atoms with Gasteiger partial charge in [-0.2, -0.15) is 0 Å². The molecular weight excluding hydrogens is 488 g/mol. The Balaban J connectivity index is 1.58. The molecule has 0 aromatic heterocycles. The number of nitrogens with zero attached hydrogens (tertiary/aromatic N) is 1. The minimum atomic E-state index is -1.15. The van der Waals surface area contributed by atoms with Gasteiger partial charge in [-0.1, -0.05) is 35.9 Å². The SMILES string of the molecule is CCOc1cc2c(cc1Nc1ccc(C)cc1)C1(OC(=O)c3ccccc31)c1ccc(N(CC)CC)cc1O2. The number of carbonyl (C=O) groups is 1. The predicted octanol–water partition coefficient (Wildman–Crippen LogP) is 7.55. The topological polar surface area (TPSA) is 60.0 Å². The first kappa shape index (κ1) is 24.9. The highest BCUT2D eigenvalue weighted by molar-refractivity contribution is 5.97. The van der Waals surface area contributed by atoms with E-state index in [1.807, 2.05) is 67.6 Å². The standard InChI is InChI=1S/C33H32N2O4/c1-5-35(6-2)23-16-17-26-29(18-23)38-30-20-31(37-7-3)28(34-22-14-12-21(4)13-15-22)19-27(30)33(26)25-11-9-8-10-24(25)32(36)39-33/h8-20,34H,5-7H2,1-4H3. The Hall–Kier alpha value is -4.45. The first-order chi connectivity index (χ1) is 19.0. The maximum atomic E-state index is 13.3. The average molecular weight is 521 g/mol. The van der Waals surface area contributed by atoms with E-state index in [0.717, 1.165) is 46.8 Å². The van der Waals surface area contributed by atoms with Crippen LogP contribution < -0.4 is 19.7 Å². The van der Waals surface area contributed by atoms with Gasteiger partial charge in [0.1, 0.15) is 17.2 Å². The van der Waals surface area contributed by atoms with E-state index in [2.05, 4.69) is 49.2 Å². The van der Waals surface area contributed by atoms with Gasteiger partial charge >= 0.3 is 5.97 Å². The second kappa shape index (κ2) is 9.70. The molecule has 1 N–H and O–H groups in total. The molecular formula is C33H32N2O4. The fraction of sp³-hybridized carbons (Fsp3) is 0.242. The van der Waals surface area contributed by atoms with Crippen molar-refractivity contribution in [1.82, 2.24) is 0 Å². The zero-order chi connectivity index (χ0) is 27.1. The minimum absolute atomic E-state index is 0.348. The molecule has 6 rings (SSSR count). The molecule has 0 amide bonds. The highest BCUT2D eigenvalue weighted by atomic mass is 16.6. The molecule has 2 aliphatic heterocycles. The summed E-state index contributed by atoms with van der Waals surface area (Å²) < 4.78 is 19.0. The summed E-state index contributed by atoms with van der Waals surface area (Å²) in [7, 11) is 0. The van der Waals surface area contributed by atoms with Gasteiger partial charge in [0.2, 0.25) is 0 Å². The van der Waals surface area contributed by atoms with Crippen molar-refractivity contribution in [3.8, 4) is 17.2 Å². The van der Waals surface area contributed by atoms with Crippen molar-refractivity contribution < 1.29 is 19.0 Å². The van der Waals surface area contributed by atoms with Crippen LogP contribution in [0.15, 0.2) is 78.9 Å². The van der Waals surface area contributed by atoms with Crippen LogP contribution in [-0.4, -0.2) is 25.7 Å². The highest BCUT2D eigenvalue weighted by Crippen LogP contribution is 2.58. The first-order valence-electron chi connectivity index (χ1n) is 13.5. The molecule has 4 aromatic carbocycles. The van der Waals surface area contributed by atoms with Crippen LogP contribution in [0.2, 0.25) is 0 Å². The lowest BCUT2D eigenvalue weighted by molar-refractivity contribution is 0.0224. The molecule has 1 atom stereocenters. The Morgan fingerprint density at radius 2 is 1.59 bits per heavy atom. The van der Waals surface area contributed by atoms with Crippen LogP contribution in [-0.2, 0) is 10.3 Å². The van der Waals surface area contributed by atoms with Crippen LogP contribution >= 0.6 is 0 Å². The zero-order valence-corrected chi connectivity index (χ0v) is 22.7. The number of ether oxygens (including phenoxy) is 3. The van der Waals surface area contributed by atoms with Gasteiger partial charge in [0.25, 0.3) is 0 Å². The quantitative estimate of drug-likeness (QED) is 0.254. The Bertz CT molecular complexity index is 1560. The number of esters is 1. The number of carbonyl (C=O) groups excluding carboxylic acids is 1. The molecule has 1 spiro atoms. The van der Waals surface area contributed by atoms with Crippen molar-refractivity contribution in [2.24, 2.45) is 0 Å². The van der Waals surface area contributed by atoms with Gasteiger partial charge in [-0.25, -0.2) is 4.79 Å². The number of rotatable bonds is 7. The molecule has 0 saturated heterocycles. The van der Waals surface area contributed by atoms with Gasteiger partial charge in [-0.3, -0.25) is 0 Å². The van der Waals surface area contributed by atoms with Gasteiger partial charge in [-0.05, 0) is 64.1 Å². The fourth-order valence-electron chi connectivity index (χ4n) is 5.64. The van der Waals surface area contributed by atoms with Crippen molar-refractivity contribution in [2.75, 3.05) is 29.9 Å². The van der Waals surface area contributed by atoms with Crippen molar-refractivity contribution in [3.05, 3.63) is 107 Å². The molecule has 1 unspecified atom stereocenters. The van der Waals surface area contributed by atoms with E-state index in [9.17, 15) is 4.79 Å². The number of anilines is 3. The second-order valence-electron chi connectivity index (χ2n) is 9.84. The minimum Gasteiger partial charge on any atom is -0.492 e. The molecule has 6 nitrogen and oxygen atoms in total. The molecule has 6 heteroatoms. The Morgan fingerprint density at radius 3 is 2.33 bits per heavy atom. The lowest BCUT2D eigenvalue weighted by Crippen LogP contribution is -2.33. The van der Waals surface area contributed by atoms with E-state index in [1.165, 1.54) is 5.56 Å². The molecule has 0 radical (unpaired) electrons. The molecule has 4 aromatic rings. The summed E-state index contributed by atoms with van der Waals surface area (Å²) in [6, 6.07) is 25.9. The average Bonchev–Trinajstić information content (AvgIpc) is 3.24. The third kappa shape index (κ3) is 3.98. The summed E-state index contributed by atoms with van der Waals surface area (Å²) in [5, 5.41) is 3.51. The van der Waals surface area contributed by atoms with E-state index < -0.39 is 5.60 Å². The first-order valence-corrected chi connectivity index (χ1v) is 13.5. The maximum absolute atomic E-state index is 13.3. The molecule has 0 fully saturated rings. The molecule has 2 aliphatic rings. The van der Waals surface area contributed by atoms with Crippen LogP contribution in [0.4, 0.5) is 17.1 Å². The number of hydrogen-bond donors (Lipinski definition) is 1. The summed E-state index contributed by atoms with van der Waals surface area (Å²) >= 11 is 0. The van der Waals surface area contributed by atoms with Gasteiger partial charge in [0, 0.05) is 53.3 Å². The Kier molecular flexibility index (Phi) is 6.18. The van der Waals surface area contributed by atoms with Gasteiger partial charge < -0.3 is 24.4 Å². The molecule has 0 saturated carbocycles.